The summed E-state index contributed by atoms with van der Waals surface area (Å²) in [6.07, 6.45) is 6.65. The van der Waals surface area contributed by atoms with E-state index in [0.717, 1.165) is 12.2 Å². The monoisotopic (exact) mass is 342 g/mol. The molecular weight excluding hydrogens is 320 g/mol. The quantitative estimate of drug-likeness (QED) is 0.677. The molecule has 8 nitrogen and oxygen atoms in total. The minimum atomic E-state index is -0.210. The van der Waals surface area contributed by atoms with Crippen molar-refractivity contribution in [3.05, 3.63) is 42.4 Å². The first-order valence-electron chi connectivity index (χ1n) is 8.27. The number of aliphatic hydroxyl groups excluding tert-OH is 1. The Morgan fingerprint density at radius 2 is 2.20 bits per heavy atom. The van der Waals surface area contributed by atoms with Gasteiger partial charge in [0.05, 0.1) is 25.0 Å². The largest absolute Gasteiger partial charge is 0.395 e. The normalized spacial score (nSPS) is 11.4. The minimum Gasteiger partial charge on any atom is -0.395 e. The third-order valence-electron chi connectivity index (χ3n) is 3.82. The number of rotatable bonds is 7. The molecule has 0 aliphatic heterocycles. The molecule has 3 aromatic rings. The lowest BCUT2D eigenvalue weighted by atomic mass is 10.2. The molecular formula is C17H22N6O2. The van der Waals surface area contributed by atoms with Crippen LogP contribution >= 0.6 is 0 Å². The number of amides is 1. The highest BCUT2D eigenvalue weighted by atomic mass is 16.3. The summed E-state index contributed by atoms with van der Waals surface area (Å²) in [5, 5.41) is 9.26. The maximum atomic E-state index is 12.8. The van der Waals surface area contributed by atoms with E-state index >= 15 is 0 Å². The lowest BCUT2D eigenvalue weighted by molar-refractivity contribution is 0.0703. The van der Waals surface area contributed by atoms with Crippen LogP contribution in [0.5, 0.6) is 0 Å². The molecule has 25 heavy (non-hydrogen) atoms. The molecule has 0 saturated carbocycles. The number of nitrogens with one attached hydrogen (secondary N) is 1. The fraction of sp³-hybridized carbons (Fsp3) is 0.412. The average Bonchev–Trinajstić information content (AvgIpc) is 3.23. The van der Waals surface area contributed by atoms with Gasteiger partial charge in [-0.25, -0.2) is 15.0 Å². The zero-order valence-electron chi connectivity index (χ0n) is 14.4. The van der Waals surface area contributed by atoms with Crippen LogP contribution in [-0.4, -0.2) is 53.6 Å². The van der Waals surface area contributed by atoms with E-state index < -0.39 is 0 Å². The summed E-state index contributed by atoms with van der Waals surface area (Å²) in [5.74, 6) is 0.934. The van der Waals surface area contributed by atoms with E-state index in [-0.39, 0.29) is 19.1 Å². The minimum absolute atomic E-state index is 0.120. The number of pyridine rings is 1. The number of H-pyrrole nitrogens is 1. The molecule has 0 fully saturated rings. The van der Waals surface area contributed by atoms with Crippen LogP contribution in [0.4, 0.5) is 0 Å². The van der Waals surface area contributed by atoms with Gasteiger partial charge < -0.3 is 19.6 Å². The highest BCUT2D eigenvalue weighted by Gasteiger charge is 2.18. The van der Waals surface area contributed by atoms with E-state index in [0.29, 0.717) is 29.4 Å². The van der Waals surface area contributed by atoms with Crippen LogP contribution < -0.4 is 0 Å². The van der Waals surface area contributed by atoms with Crippen molar-refractivity contribution >= 4 is 17.1 Å². The van der Waals surface area contributed by atoms with E-state index in [2.05, 4.69) is 33.8 Å². The van der Waals surface area contributed by atoms with Crippen LogP contribution in [0.15, 0.2) is 31.0 Å². The van der Waals surface area contributed by atoms with Crippen molar-refractivity contribution in [1.29, 1.82) is 0 Å². The number of fused-ring (bicyclic) bond motifs is 1. The van der Waals surface area contributed by atoms with Crippen molar-refractivity contribution in [3.63, 3.8) is 0 Å². The Bertz CT molecular complexity index is 840. The van der Waals surface area contributed by atoms with Gasteiger partial charge in [0.25, 0.3) is 5.91 Å². The predicted molar refractivity (Wildman–Crippen MR) is 92.8 cm³/mol. The van der Waals surface area contributed by atoms with Crippen molar-refractivity contribution in [3.8, 4) is 0 Å². The van der Waals surface area contributed by atoms with E-state index in [4.69, 9.17) is 0 Å². The Kier molecular flexibility index (Phi) is 5.08. The molecule has 3 aromatic heterocycles. The zero-order chi connectivity index (χ0) is 17.8. The lowest BCUT2D eigenvalue weighted by Crippen LogP contribution is -2.33. The van der Waals surface area contributed by atoms with Gasteiger partial charge in [-0.05, 0) is 12.0 Å². The van der Waals surface area contributed by atoms with Crippen LogP contribution in [0.1, 0.15) is 30.0 Å². The van der Waals surface area contributed by atoms with E-state index in [1.807, 2.05) is 4.57 Å². The molecule has 0 aromatic carbocycles. The van der Waals surface area contributed by atoms with Crippen molar-refractivity contribution in [1.82, 2.24) is 29.4 Å². The standard InChI is InChI=1S/C17H22N6O2/c1-12(2)9-23-11-21-14-7-13(8-20-16(14)23)17(25)22(5-6-24)10-15-18-3-4-19-15/h3-4,7-8,11-12,24H,5-6,9-10H2,1-2H3,(H,18,19). The van der Waals surface area contributed by atoms with Crippen molar-refractivity contribution < 1.29 is 9.90 Å². The first-order chi connectivity index (χ1) is 12.1. The Morgan fingerprint density at radius 3 is 2.88 bits per heavy atom. The zero-order valence-corrected chi connectivity index (χ0v) is 14.4. The number of aromatic amines is 1. The Hall–Kier alpha value is -2.74. The summed E-state index contributed by atoms with van der Waals surface area (Å²) < 4.78 is 1.99. The second-order valence-corrected chi connectivity index (χ2v) is 6.34. The third kappa shape index (κ3) is 3.85. The van der Waals surface area contributed by atoms with Crippen LogP contribution in [0, 0.1) is 5.92 Å². The summed E-state index contributed by atoms with van der Waals surface area (Å²) in [6, 6.07) is 1.74. The Labute approximate surface area is 145 Å². The van der Waals surface area contributed by atoms with Gasteiger partial charge in [0, 0.05) is 31.7 Å². The molecule has 132 valence electrons. The topological polar surface area (TPSA) is 99.9 Å². The fourth-order valence-electron chi connectivity index (χ4n) is 2.71. The van der Waals surface area contributed by atoms with E-state index in [1.165, 1.54) is 4.90 Å². The summed E-state index contributed by atoms with van der Waals surface area (Å²) in [7, 11) is 0. The van der Waals surface area contributed by atoms with Crippen molar-refractivity contribution in [2.24, 2.45) is 5.92 Å². The van der Waals surface area contributed by atoms with Crippen molar-refractivity contribution in [2.45, 2.75) is 26.9 Å². The molecule has 0 saturated heterocycles. The van der Waals surface area contributed by atoms with Gasteiger partial charge in [-0.1, -0.05) is 13.8 Å². The molecule has 0 radical (unpaired) electrons. The molecule has 0 bridgehead atoms. The van der Waals surface area contributed by atoms with Gasteiger partial charge in [0.2, 0.25) is 0 Å². The molecule has 0 aliphatic rings. The number of imidazole rings is 2. The third-order valence-corrected chi connectivity index (χ3v) is 3.82. The van der Waals surface area contributed by atoms with E-state index in [9.17, 15) is 9.90 Å². The highest BCUT2D eigenvalue weighted by molar-refractivity contribution is 5.96. The first-order valence-corrected chi connectivity index (χ1v) is 8.27. The van der Waals surface area contributed by atoms with Gasteiger partial charge in [0.15, 0.2) is 5.65 Å². The Balaban J connectivity index is 1.84. The number of aliphatic hydroxyl groups is 1. The van der Waals surface area contributed by atoms with E-state index in [1.54, 1.807) is 31.0 Å². The molecule has 8 heteroatoms. The second-order valence-electron chi connectivity index (χ2n) is 6.34. The second kappa shape index (κ2) is 7.43. The predicted octanol–water partition coefficient (Wildman–Crippen LogP) is 1.45. The van der Waals surface area contributed by atoms with Gasteiger partial charge in [-0.2, -0.15) is 0 Å². The molecule has 0 unspecified atom stereocenters. The van der Waals surface area contributed by atoms with Gasteiger partial charge >= 0.3 is 0 Å². The molecule has 3 heterocycles. The summed E-state index contributed by atoms with van der Waals surface area (Å²) in [6.45, 7) is 5.49. The summed E-state index contributed by atoms with van der Waals surface area (Å²) in [4.78, 5) is 30.2. The summed E-state index contributed by atoms with van der Waals surface area (Å²) in [5.41, 5.74) is 1.90. The molecule has 1 amide bonds. The molecule has 0 aliphatic carbocycles. The highest BCUT2D eigenvalue weighted by Crippen LogP contribution is 2.15. The number of hydrogen-bond donors (Lipinski definition) is 2. The molecule has 0 atom stereocenters. The van der Waals surface area contributed by atoms with Crippen LogP contribution in [-0.2, 0) is 13.1 Å². The molecule has 2 N–H and O–H groups in total. The smallest absolute Gasteiger partial charge is 0.255 e. The van der Waals surface area contributed by atoms with Crippen LogP contribution in [0.25, 0.3) is 11.2 Å². The molecule has 0 spiro atoms. The van der Waals surface area contributed by atoms with Gasteiger partial charge in [0.1, 0.15) is 11.3 Å². The summed E-state index contributed by atoms with van der Waals surface area (Å²) >= 11 is 0. The van der Waals surface area contributed by atoms with Crippen LogP contribution in [0.2, 0.25) is 0 Å². The lowest BCUT2D eigenvalue weighted by Gasteiger charge is -2.20. The van der Waals surface area contributed by atoms with Crippen molar-refractivity contribution in [2.75, 3.05) is 13.2 Å². The average molecular weight is 342 g/mol. The molecule has 3 rings (SSSR count). The maximum Gasteiger partial charge on any atom is 0.255 e. The number of carbonyl (C=O) groups is 1. The Morgan fingerprint density at radius 1 is 1.36 bits per heavy atom. The van der Waals surface area contributed by atoms with Gasteiger partial charge in [-0.3, -0.25) is 4.79 Å². The number of hydrogen-bond acceptors (Lipinski definition) is 5. The first kappa shape index (κ1) is 17.1. The van der Waals surface area contributed by atoms with Gasteiger partial charge in [-0.15, -0.1) is 0 Å². The van der Waals surface area contributed by atoms with Crippen LogP contribution in [0.3, 0.4) is 0 Å². The SMILES string of the molecule is CC(C)Cn1cnc2cc(C(=O)N(CCO)Cc3ncc[nH]3)cnc21. The number of aromatic nitrogens is 5. The number of carbonyl (C=O) groups excluding carboxylic acids is 1. The fourth-order valence-corrected chi connectivity index (χ4v) is 2.71. The number of nitrogens with zero attached hydrogens (tertiary/aromatic N) is 5. The maximum absolute atomic E-state index is 12.8.